The number of para-hydroxylation sites is 1. The van der Waals surface area contributed by atoms with Gasteiger partial charge in [0.2, 0.25) is 0 Å². The maximum atomic E-state index is 12.3. The number of hydrogen-bond acceptors (Lipinski definition) is 3. The predicted molar refractivity (Wildman–Crippen MR) is 79.2 cm³/mol. The lowest BCUT2D eigenvalue weighted by Gasteiger charge is -2.09. The van der Waals surface area contributed by atoms with Crippen molar-refractivity contribution >= 4 is 22.6 Å². The lowest BCUT2D eigenvalue weighted by molar-refractivity contribution is -0.117. The van der Waals surface area contributed by atoms with Gasteiger partial charge in [0.25, 0.3) is 11.7 Å². The predicted octanol–water partition coefficient (Wildman–Crippen LogP) is 1.66. The molecule has 1 N–H and O–H groups in total. The van der Waals surface area contributed by atoms with Crippen molar-refractivity contribution < 1.29 is 14.3 Å². The largest absolute Gasteiger partial charge is 0.376 e. The molecule has 0 radical (unpaired) electrons. The van der Waals surface area contributed by atoms with Gasteiger partial charge in [-0.2, -0.15) is 0 Å². The Kier molecular flexibility index (Phi) is 3.75. The zero-order valence-electron chi connectivity index (χ0n) is 12.0. The summed E-state index contributed by atoms with van der Waals surface area (Å²) in [6, 6.07) is 7.56. The topological polar surface area (TPSA) is 60.3 Å². The zero-order chi connectivity index (χ0) is 14.8. The highest BCUT2D eigenvalue weighted by molar-refractivity contribution is 6.45. The average molecular weight is 286 g/mol. The molecule has 1 saturated heterocycles. The Morgan fingerprint density at radius 1 is 1.38 bits per heavy atom. The van der Waals surface area contributed by atoms with Crippen molar-refractivity contribution in [3.8, 4) is 0 Å². The van der Waals surface area contributed by atoms with Crippen LogP contribution >= 0.6 is 0 Å². The third-order valence-corrected chi connectivity index (χ3v) is 3.86. The number of amides is 1. The number of Topliss-reactive ketones (excluding diaryl/α,β-unsaturated/α-hetero) is 1. The van der Waals surface area contributed by atoms with Crippen LogP contribution in [0.4, 0.5) is 0 Å². The van der Waals surface area contributed by atoms with Crippen molar-refractivity contribution in [3.63, 3.8) is 0 Å². The highest BCUT2D eigenvalue weighted by atomic mass is 16.5. The molecule has 21 heavy (non-hydrogen) atoms. The summed E-state index contributed by atoms with van der Waals surface area (Å²) in [6.07, 6.45) is 3.69. The molecule has 1 amide bonds. The molecule has 1 aliphatic rings. The van der Waals surface area contributed by atoms with Crippen LogP contribution in [0.3, 0.4) is 0 Å². The zero-order valence-corrected chi connectivity index (χ0v) is 12.0. The lowest BCUT2D eigenvalue weighted by Crippen LogP contribution is -2.36. The average Bonchev–Trinajstić information content (AvgIpc) is 3.13. The summed E-state index contributed by atoms with van der Waals surface area (Å²) < 4.78 is 7.29. The molecular formula is C16H18N2O3. The standard InChI is InChI=1S/C16H18N2O3/c1-18-10-13(12-6-2-3-7-14(12)18)15(19)16(20)17-9-11-5-4-8-21-11/h2-3,6-7,10-11H,4-5,8-9H2,1H3,(H,17,20). The number of nitrogens with zero attached hydrogens (tertiary/aromatic N) is 1. The molecule has 0 bridgehead atoms. The fraction of sp³-hybridized carbons (Fsp3) is 0.375. The van der Waals surface area contributed by atoms with Crippen molar-refractivity contribution in [1.82, 2.24) is 9.88 Å². The fourth-order valence-electron chi connectivity index (χ4n) is 2.74. The Morgan fingerprint density at radius 2 is 2.19 bits per heavy atom. The Labute approximate surface area is 122 Å². The van der Waals surface area contributed by atoms with Crippen LogP contribution in [0.5, 0.6) is 0 Å². The summed E-state index contributed by atoms with van der Waals surface area (Å²) in [5.74, 6) is -1.06. The fourth-order valence-corrected chi connectivity index (χ4v) is 2.74. The van der Waals surface area contributed by atoms with Gasteiger partial charge in [-0.25, -0.2) is 0 Å². The van der Waals surface area contributed by atoms with Crippen molar-refractivity contribution in [2.45, 2.75) is 18.9 Å². The molecule has 1 fully saturated rings. The van der Waals surface area contributed by atoms with Crippen LogP contribution in [0.2, 0.25) is 0 Å². The molecule has 3 rings (SSSR count). The maximum absolute atomic E-state index is 12.3. The maximum Gasteiger partial charge on any atom is 0.292 e. The van der Waals surface area contributed by atoms with E-state index in [4.69, 9.17) is 4.74 Å². The molecule has 5 nitrogen and oxygen atoms in total. The van der Waals surface area contributed by atoms with E-state index >= 15 is 0 Å². The summed E-state index contributed by atoms with van der Waals surface area (Å²) in [6.45, 7) is 1.13. The van der Waals surface area contributed by atoms with E-state index < -0.39 is 11.7 Å². The first-order valence-corrected chi connectivity index (χ1v) is 7.15. The molecule has 110 valence electrons. The molecule has 2 aromatic rings. The first kappa shape index (κ1) is 13.8. The number of aryl methyl sites for hydroxylation is 1. The van der Waals surface area contributed by atoms with Gasteiger partial charge in [0.05, 0.1) is 11.7 Å². The van der Waals surface area contributed by atoms with Crippen LogP contribution in [-0.2, 0) is 16.6 Å². The number of aromatic nitrogens is 1. The van der Waals surface area contributed by atoms with Crippen LogP contribution < -0.4 is 5.32 Å². The molecule has 2 heterocycles. The van der Waals surface area contributed by atoms with Gasteiger partial charge in [-0.15, -0.1) is 0 Å². The van der Waals surface area contributed by atoms with Crippen molar-refractivity contribution in [1.29, 1.82) is 0 Å². The summed E-state index contributed by atoms with van der Waals surface area (Å²) in [5, 5.41) is 3.48. The number of benzene rings is 1. The molecular weight excluding hydrogens is 268 g/mol. The number of fused-ring (bicyclic) bond motifs is 1. The number of ether oxygens (including phenoxy) is 1. The van der Waals surface area contributed by atoms with E-state index in [1.807, 2.05) is 35.9 Å². The van der Waals surface area contributed by atoms with Gasteiger partial charge in [-0.05, 0) is 18.9 Å². The highest BCUT2D eigenvalue weighted by Crippen LogP contribution is 2.20. The van der Waals surface area contributed by atoms with Crippen molar-refractivity contribution in [3.05, 3.63) is 36.0 Å². The Hall–Kier alpha value is -2.14. The summed E-state index contributed by atoms with van der Waals surface area (Å²) in [4.78, 5) is 24.3. The minimum atomic E-state index is -0.568. The third-order valence-electron chi connectivity index (χ3n) is 3.86. The summed E-state index contributed by atoms with van der Waals surface area (Å²) in [7, 11) is 1.86. The van der Waals surface area contributed by atoms with Crippen molar-refractivity contribution in [2.75, 3.05) is 13.2 Å². The van der Waals surface area contributed by atoms with Gasteiger partial charge in [0.15, 0.2) is 0 Å². The number of carbonyl (C=O) groups is 2. The van der Waals surface area contributed by atoms with Gasteiger partial charge >= 0.3 is 0 Å². The monoisotopic (exact) mass is 286 g/mol. The van der Waals surface area contributed by atoms with Crippen LogP contribution in [0.15, 0.2) is 30.5 Å². The molecule has 0 aliphatic carbocycles. The SMILES string of the molecule is Cn1cc(C(=O)C(=O)NCC2CCCO2)c2ccccc21. The smallest absolute Gasteiger partial charge is 0.292 e. The molecule has 1 atom stereocenters. The van der Waals surface area contributed by atoms with Gasteiger partial charge in [-0.1, -0.05) is 18.2 Å². The van der Waals surface area contributed by atoms with Crippen molar-refractivity contribution in [2.24, 2.45) is 7.05 Å². The normalized spacial score (nSPS) is 18.0. The molecule has 5 heteroatoms. The second-order valence-electron chi connectivity index (χ2n) is 5.35. The number of carbonyl (C=O) groups excluding carboxylic acids is 2. The molecule has 1 aromatic heterocycles. The molecule has 1 aliphatic heterocycles. The Balaban J connectivity index is 1.75. The number of ketones is 1. The second kappa shape index (κ2) is 5.69. The van der Waals surface area contributed by atoms with Crippen LogP contribution in [-0.4, -0.2) is 35.5 Å². The Morgan fingerprint density at radius 3 is 2.95 bits per heavy atom. The quantitative estimate of drug-likeness (QED) is 0.687. The first-order chi connectivity index (χ1) is 10.2. The van der Waals surface area contributed by atoms with Gasteiger partial charge in [-0.3, -0.25) is 9.59 Å². The minimum Gasteiger partial charge on any atom is -0.376 e. The minimum absolute atomic E-state index is 0.0364. The molecule has 1 aromatic carbocycles. The van der Waals surface area contributed by atoms with Crippen LogP contribution in [0.1, 0.15) is 23.2 Å². The number of nitrogens with one attached hydrogen (secondary N) is 1. The first-order valence-electron chi connectivity index (χ1n) is 7.15. The highest BCUT2D eigenvalue weighted by Gasteiger charge is 2.22. The summed E-state index contributed by atoms with van der Waals surface area (Å²) in [5.41, 5.74) is 1.38. The lowest BCUT2D eigenvalue weighted by atomic mass is 10.1. The van der Waals surface area contributed by atoms with E-state index in [2.05, 4.69) is 5.32 Å². The molecule has 0 saturated carbocycles. The van der Waals surface area contributed by atoms with Crippen LogP contribution in [0, 0.1) is 0 Å². The molecule has 1 unspecified atom stereocenters. The van der Waals surface area contributed by atoms with Crippen LogP contribution in [0.25, 0.3) is 10.9 Å². The van der Waals surface area contributed by atoms with E-state index in [0.717, 1.165) is 30.4 Å². The van der Waals surface area contributed by atoms with Gasteiger partial charge in [0.1, 0.15) is 0 Å². The van der Waals surface area contributed by atoms with Gasteiger partial charge in [0, 0.05) is 37.3 Å². The number of hydrogen-bond donors (Lipinski definition) is 1. The van der Waals surface area contributed by atoms with E-state index in [1.165, 1.54) is 0 Å². The third kappa shape index (κ3) is 2.69. The van der Waals surface area contributed by atoms with E-state index in [9.17, 15) is 9.59 Å². The number of rotatable bonds is 4. The summed E-state index contributed by atoms with van der Waals surface area (Å²) >= 11 is 0. The van der Waals surface area contributed by atoms with E-state index in [0.29, 0.717) is 12.1 Å². The second-order valence-corrected chi connectivity index (χ2v) is 5.35. The van der Waals surface area contributed by atoms with Gasteiger partial charge < -0.3 is 14.6 Å². The van der Waals surface area contributed by atoms with E-state index in [-0.39, 0.29) is 6.10 Å². The van der Waals surface area contributed by atoms with E-state index in [1.54, 1.807) is 6.20 Å². The molecule has 0 spiro atoms. The Bertz CT molecular complexity index is 684.